The van der Waals surface area contributed by atoms with E-state index in [1.165, 1.54) is 43.0 Å². The minimum absolute atomic E-state index is 0.0349. The van der Waals surface area contributed by atoms with Gasteiger partial charge in [-0.2, -0.15) is 16.1 Å². The number of nitrogens with zero attached hydrogens (tertiary/aromatic N) is 1. The molecule has 2 rings (SSSR count). The average Bonchev–Trinajstić information content (AvgIpc) is 2.45. The van der Waals surface area contributed by atoms with E-state index in [0.29, 0.717) is 5.75 Å². The van der Waals surface area contributed by atoms with E-state index < -0.39 is 32.8 Å². The van der Waals surface area contributed by atoms with E-state index >= 15 is 0 Å². The normalized spacial score (nSPS) is 21.2. The molecular formula is C15H19NO6S2. The first kappa shape index (κ1) is 18.8. The topological polar surface area (TPSA) is 101 Å². The molecule has 7 nitrogen and oxygen atoms in total. The van der Waals surface area contributed by atoms with Crippen LogP contribution in [0, 0.1) is 0 Å². The molecule has 9 heteroatoms. The third kappa shape index (κ3) is 3.73. The van der Waals surface area contributed by atoms with Gasteiger partial charge in [-0.1, -0.05) is 0 Å². The van der Waals surface area contributed by atoms with Crippen LogP contribution in [0.3, 0.4) is 0 Å². The van der Waals surface area contributed by atoms with Crippen LogP contribution < -0.4 is 4.74 Å². The fraction of sp³-hybridized carbons (Fsp3) is 0.467. The van der Waals surface area contributed by atoms with Crippen LogP contribution in [0.2, 0.25) is 0 Å². The molecule has 1 aromatic rings. The lowest BCUT2D eigenvalue weighted by molar-refractivity contribution is -0.142. The molecule has 132 valence electrons. The number of carboxylic acid groups (broad SMARTS) is 1. The number of carboxylic acids is 1. The number of aliphatic carboxylic acids is 1. The number of esters is 1. The first-order valence-electron chi connectivity index (χ1n) is 7.23. The summed E-state index contributed by atoms with van der Waals surface area (Å²) in [7, 11) is -3.97. The van der Waals surface area contributed by atoms with Gasteiger partial charge < -0.3 is 9.84 Å². The van der Waals surface area contributed by atoms with E-state index in [1.807, 2.05) is 0 Å². The van der Waals surface area contributed by atoms with Gasteiger partial charge in [0, 0.05) is 24.0 Å². The molecule has 1 saturated heterocycles. The number of sulfonamides is 1. The monoisotopic (exact) mass is 373 g/mol. The van der Waals surface area contributed by atoms with Crippen LogP contribution >= 0.6 is 11.8 Å². The molecule has 24 heavy (non-hydrogen) atoms. The second kappa shape index (κ2) is 6.73. The summed E-state index contributed by atoms with van der Waals surface area (Å²) in [5.74, 6) is -0.939. The zero-order valence-corrected chi connectivity index (χ0v) is 15.2. The van der Waals surface area contributed by atoms with Gasteiger partial charge in [-0.15, -0.1) is 0 Å². The van der Waals surface area contributed by atoms with Crippen molar-refractivity contribution in [3.05, 3.63) is 24.3 Å². The molecule has 1 atom stereocenters. The minimum atomic E-state index is -3.97. The molecule has 1 N–H and O–H groups in total. The van der Waals surface area contributed by atoms with Gasteiger partial charge in [-0.25, -0.2) is 8.42 Å². The fourth-order valence-electron chi connectivity index (χ4n) is 2.61. The minimum Gasteiger partial charge on any atom is -0.480 e. The molecule has 0 saturated carbocycles. The van der Waals surface area contributed by atoms with Crippen LogP contribution in [-0.4, -0.2) is 52.9 Å². The number of carbonyl (C=O) groups excluding carboxylic acids is 1. The highest BCUT2D eigenvalue weighted by Gasteiger charge is 2.48. The van der Waals surface area contributed by atoms with Crippen LogP contribution in [0.5, 0.6) is 5.75 Å². The Morgan fingerprint density at radius 2 is 1.88 bits per heavy atom. The number of carbonyl (C=O) groups is 2. The number of ether oxygens (including phenoxy) is 1. The summed E-state index contributed by atoms with van der Waals surface area (Å²) < 4.78 is 30.9. The molecule has 0 aromatic heterocycles. The van der Waals surface area contributed by atoms with E-state index in [4.69, 9.17) is 4.74 Å². The number of hydrogen-bond acceptors (Lipinski definition) is 6. The number of rotatable bonds is 4. The molecule has 1 aliphatic rings. The first-order chi connectivity index (χ1) is 11.1. The second-order valence-electron chi connectivity index (χ2n) is 5.87. The van der Waals surface area contributed by atoms with Gasteiger partial charge in [-0.05, 0) is 38.1 Å². The Morgan fingerprint density at radius 3 is 2.38 bits per heavy atom. The summed E-state index contributed by atoms with van der Waals surface area (Å²) in [5.41, 5.74) is 0. The maximum atomic E-state index is 12.9. The zero-order valence-electron chi connectivity index (χ0n) is 13.6. The summed E-state index contributed by atoms with van der Waals surface area (Å²) in [5, 5.41) is 9.52. The molecule has 0 amide bonds. The summed E-state index contributed by atoms with van der Waals surface area (Å²) in [4.78, 5) is 22.5. The highest BCUT2D eigenvalue weighted by atomic mass is 32.2. The van der Waals surface area contributed by atoms with E-state index in [2.05, 4.69) is 0 Å². The van der Waals surface area contributed by atoms with Gasteiger partial charge >= 0.3 is 11.9 Å². The zero-order chi connectivity index (χ0) is 18.1. The Morgan fingerprint density at radius 1 is 1.29 bits per heavy atom. The number of benzene rings is 1. The molecule has 0 radical (unpaired) electrons. The van der Waals surface area contributed by atoms with Gasteiger partial charge in [0.05, 0.1) is 4.90 Å². The average molecular weight is 373 g/mol. The van der Waals surface area contributed by atoms with Gasteiger partial charge in [0.25, 0.3) is 0 Å². The standard InChI is InChI=1S/C15H19NO6S2/c1-10(17)22-11-4-6-12(7-5-11)24(20,21)16-8-9-23-15(2,3)13(16)14(18)19/h4-7,13H,8-9H2,1-3H3,(H,18,19)/t13-/m0/s1. The van der Waals surface area contributed by atoms with Crippen molar-refractivity contribution in [1.82, 2.24) is 4.31 Å². The maximum Gasteiger partial charge on any atom is 0.323 e. The molecule has 1 heterocycles. The predicted octanol–water partition coefficient (Wildman–Crippen LogP) is 1.58. The molecule has 0 aliphatic carbocycles. The van der Waals surface area contributed by atoms with Gasteiger partial charge in [-0.3, -0.25) is 9.59 Å². The summed E-state index contributed by atoms with van der Waals surface area (Å²) in [6.45, 7) is 4.82. The van der Waals surface area contributed by atoms with Crippen molar-refractivity contribution < 1.29 is 27.9 Å². The fourth-order valence-corrected chi connectivity index (χ4v) is 5.71. The van der Waals surface area contributed by atoms with Gasteiger partial charge in [0.1, 0.15) is 11.8 Å². The molecule has 1 aliphatic heterocycles. The second-order valence-corrected chi connectivity index (χ2v) is 9.51. The van der Waals surface area contributed by atoms with Crippen molar-refractivity contribution in [1.29, 1.82) is 0 Å². The van der Waals surface area contributed by atoms with E-state index in [-0.39, 0.29) is 17.2 Å². The van der Waals surface area contributed by atoms with Gasteiger partial charge in [0.2, 0.25) is 10.0 Å². The smallest absolute Gasteiger partial charge is 0.323 e. The van der Waals surface area contributed by atoms with E-state index in [0.717, 1.165) is 4.31 Å². The Kier molecular flexibility index (Phi) is 5.26. The first-order valence-corrected chi connectivity index (χ1v) is 9.65. The lowest BCUT2D eigenvalue weighted by Gasteiger charge is -2.42. The third-order valence-electron chi connectivity index (χ3n) is 3.66. The SMILES string of the molecule is CC(=O)Oc1ccc(S(=O)(=O)N2CCSC(C)(C)[C@@H]2C(=O)O)cc1. The van der Waals surface area contributed by atoms with Crippen LogP contribution in [0.4, 0.5) is 0 Å². The maximum absolute atomic E-state index is 12.9. The highest BCUT2D eigenvalue weighted by molar-refractivity contribution is 8.00. The van der Waals surface area contributed by atoms with E-state index in [1.54, 1.807) is 13.8 Å². The van der Waals surface area contributed by atoms with Crippen LogP contribution in [0.1, 0.15) is 20.8 Å². The predicted molar refractivity (Wildman–Crippen MR) is 89.6 cm³/mol. The lowest BCUT2D eigenvalue weighted by Crippen LogP contribution is -2.58. The van der Waals surface area contributed by atoms with Crippen molar-refractivity contribution in [3.8, 4) is 5.75 Å². The summed E-state index contributed by atoms with van der Waals surface area (Å²) >= 11 is 1.44. The van der Waals surface area contributed by atoms with Gasteiger partial charge in [0.15, 0.2) is 0 Å². The van der Waals surface area contributed by atoms with Crippen LogP contribution in [0.15, 0.2) is 29.2 Å². The van der Waals surface area contributed by atoms with Crippen LogP contribution in [-0.2, 0) is 19.6 Å². The van der Waals surface area contributed by atoms with Crippen LogP contribution in [0.25, 0.3) is 0 Å². The Hall–Kier alpha value is -1.58. The molecule has 0 bridgehead atoms. The van der Waals surface area contributed by atoms with Crippen molar-refractivity contribution >= 4 is 33.7 Å². The quantitative estimate of drug-likeness (QED) is 0.631. The molecule has 1 aromatic carbocycles. The molecule has 0 unspecified atom stereocenters. The largest absolute Gasteiger partial charge is 0.480 e. The van der Waals surface area contributed by atoms with Crippen molar-refractivity contribution in [2.24, 2.45) is 0 Å². The van der Waals surface area contributed by atoms with Crippen molar-refractivity contribution in [2.45, 2.75) is 36.5 Å². The number of thioether (sulfide) groups is 1. The van der Waals surface area contributed by atoms with E-state index in [9.17, 15) is 23.1 Å². The molecule has 0 spiro atoms. The molecular weight excluding hydrogens is 354 g/mol. The highest BCUT2D eigenvalue weighted by Crippen LogP contribution is 2.38. The van der Waals surface area contributed by atoms with Crippen molar-refractivity contribution in [3.63, 3.8) is 0 Å². The third-order valence-corrected chi connectivity index (χ3v) is 6.89. The summed E-state index contributed by atoms with van der Waals surface area (Å²) in [6.07, 6.45) is 0. The number of hydrogen-bond donors (Lipinski definition) is 1. The lowest BCUT2D eigenvalue weighted by atomic mass is 10.0. The molecule has 1 fully saturated rings. The Balaban J connectivity index is 2.37. The Bertz CT molecular complexity index is 742. The Labute approximate surface area is 145 Å². The van der Waals surface area contributed by atoms with Crippen molar-refractivity contribution in [2.75, 3.05) is 12.3 Å². The summed E-state index contributed by atoms with van der Waals surface area (Å²) in [6, 6.07) is 4.19.